The summed E-state index contributed by atoms with van der Waals surface area (Å²) in [4.78, 5) is 0. The summed E-state index contributed by atoms with van der Waals surface area (Å²) in [5, 5.41) is 0. The quantitative estimate of drug-likeness (QED) is 0.579. The summed E-state index contributed by atoms with van der Waals surface area (Å²) in [5.74, 6) is 0. The molecule has 0 N–H and O–H groups in total. The molecular weight excluding hydrogens is 164 g/mol. The molecule has 1 aliphatic heterocycles. The van der Waals surface area contributed by atoms with Gasteiger partial charge in [-0.25, -0.2) is 0 Å². The summed E-state index contributed by atoms with van der Waals surface area (Å²) in [6, 6.07) is 0. The standard InChI is InChI=1S/C11H22O2/c1-8-12-10(4,5)9(2,3)11(6,7)13-8/h8H,1-7H3. The highest BCUT2D eigenvalue weighted by Gasteiger charge is 2.54. The van der Waals surface area contributed by atoms with Gasteiger partial charge in [0.05, 0.1) is 11.2 Å². The van der Waals surface area contributed by atoms with Crippen molar-refractivity contribution >= 4 is 0 Å². The van der Waals surface area contributed by atoms with Crippen molar-refractivity contribution in [2.75, 3.05) is 0 Å². The normalized spacial score (nSPS) is 31.6. The monoisotopic (exact) mass is 186 g/mol. The molecule has 78 valence electrons. The van der Waals surface area contributed by atoms with Gasteiger partial charge in [0, 0.05) is 5.41 Å². The molecule has 0 radical (unpaired) electrons. The van der Waals surface area contributed by atoms with Gasteiger partial charge in [0.15, 0.2) is 6.29 Å². The topological polar surface area (TPSA) is 18.5 Å². The summed E-state index contributed by atoms with van der Waals surface area (Å²) < 4.78 is 11.6. The van der Waals surface area contributed by atoms with Crippen LogP contribution in [0.25, 0.3) is 0 Å². The van der Waals surface area contributed by atoms with Gasteiger partial charge in [-0.2, -0.15) is 0 Å². The zero-order chi connectivity index (χ0) is 10.5. The molecule has 2 heteroatoms. The lowest BCUT2D eigenvalue weighted by atomic mass is 9.65. The lowest BCUT2D eigenvalue weighted by Crippen LogP contribution is -2.62. The fourth-order valence-electron chi connectivity index (χ4n) is 1.87. The van der Waals surface area contributed by atoms with Crippen molar-refractivity contribution in [2.24, 2.45) is 5.41 Å². The molecule has 0 amide bonds. The highest BCUT2D eigenvalue weighted by Crippen LogP contribution is 2.49. The van der Waals surface area contributed by atoms with E-state index in [4.69, 9.17) is 9.47 Å². The molecule has 0 aromatic rings. The van der Waals surface area contributed by atoms with Crippen LogP contribution in [0.15, 0.2) is 0 Å². The van der Waals surface area contributed by atoms with Crippen LogP contribution in [0, 0.1) is 5.41 Å². The second-order valence-electron chi connectivity index (χ2n) is 5.45. The molecule has 0 aliphatic carbocycles. The number of hydrogen-bond donors (Lipinski definition) is 0. The highest BCUT2D eigenvalue weighted by molar-refractivity contribution is 5.01. The number of hydrogen-bond acceptors (Lipinski definition) is 2. The second kappa shape index (κ2) is 2.71. The molecule has 0 atom stereocenters. The average molecular weight is 186 g/mol. The maximum absolute atomic E-state index is 5.80. The lowest BCUT2D eigenvalue weighted by Gasteiger charge is -2.56. The Hall–Kier alpha value is -0.0800. The van der Waals surface area contributed by atoms with Gasteiger partial charge in [-0.05, 0) is 34.6 Å². The third-order valence-corrected chi connectivity index (χ3v) is 3.93. The van der Waals surface area contributed by atoms with Crippen LogP contribution in [0.1, 0.15) is 48.5 Å². The van der Waals surface area contributed by atoms with Crippen LogP contribution in [-0.2, 0) is 9.47 Å². The van der Waals surface area contributed by atoms with E-state index in [0.717, 1.165) is 0 Å². The Morgan fingerprint density at radius 2 is 1.08 bits per heavy atom. The third kappa shape index (κ3) is 1.50. The molecular formula is C11H22O2. The van der Waals surface area contributed by atoms with Crippen molar-refractivity contribution in [1.29, 1.82) is 0 Å². The van der Waals surface area contributed by atoms with Crippen LogP contribution in [0.4, 0.5) is 0 Å². The largest absolute Gasteiger partial charge is 0.346 e. The van der Waals surface area contributed by atoms with Crippen molar-refractivity contribution in [3.8, 4) is 0 Å². The van der Waals surface area contributed by atoms with E-state index >= 15 is 0 Å². The van der Waals surface area contributed by atoms with Gasteiger partial charge in [0.1, 0.15) is 0 Å². The molecule has 13 heavy (non-hydrogen) atoms. The summed E-state index contributed by atoms with van der Waals surface area (Å²) in [6.45, 7) is 14.9. The van der Waals surface area contributed by atoms with Gasteiger partial charge in [0.2, 0.25) is 0 Å². The van der Waals surface area contributed by atoms with E-state index in [0.29, 0.717) is 0 Å². The van der Waals surface area contributed by atoms with E-state index in [1.54, 1.807) is 0 Å². The number of ether oxygens (including phenoxy) is 2. The summed E-state index contributed by atoms with van der Waals surface area (Å²) >= 11 is 0. The maximum Gasteiger partial charge on any atom is 0.156 e. The van der Waals surface area contributed by atoms with Crippen molar-refractivity contribution in [3.63, 3.8) is 0 Å². The minimum Gasteiger partial charge on any atom is -0.346 e. The van der Waals surface area contributed by atoms with Crippen LogP contribution in [-0.4, -0.2) is 17.5 Å². The first kappa shape index (κ1) is 11.0. The molecule has 1 rings (SSSR count). The Balaban J connectivity index is 3.03. The number of rotatable bonds is 0. The Labute approximate surface area is 81.6 Å². The molecule has 0 aromatic carbocycles. The van der Waals surface area contributed by atoms with Gasteiger partial charge in [-0.1, -0.05) is 13.8 Å². The Morgan fingerprint density at radius 1 is 0.769 bits per heavy atom. The van der Waals surface area contributed by atoms with Crippen molar-refractivity contribution < 1.29 is 9.47 Å². The van der Waals surface area contributed by atoms with Crippen molar-refractivity contribution in [2.45, 2.75) is 66.0 Å². The van der Waals surface area contributed by atoms with Gasteiger partial charge in [-0.15, -0.1) is 0 Å². The summed E-state index contributed by atoms with van der Waals surface area (Å²) in [5.41, 5.74) is -0.283. The first-order valence-electron chi connectivity index (χ1n) is 4.96. The molecule has 0 aromatic heterocycles. The zero-order valence-electron chi connectivity index (χ0n) is 9.89. The molecule has 1 aliphatic rings. The second-order valence-corrected chi connectivity index (χ2v) is 5.45. The summed E-state index contributed by atoms with van der Waals surface area (Å²) in [7, 11) is 0. The minimum atomic E-state index is -0.145. The highest BCUT2D eigenvalue weighted by atomic mass is 16.7. The van der Waals surface area contributed by atoms with E-state index < -0.39 is 0 Å². The molecule has 1 heterocycles. The molecule has 1 fully saturated rings. The molecule has 0 bridgehead atoms. The van der Waals surface area contributed by atoms with Crippen molar-refractivity contribution in [3.05, 3.63) is 0 Å². The van der Waals surface area contributed by atoms with E-state index in [-0.39, 0.29) is 22.9 Å². The average Bonchev–Trinajstić information content (AvgIpc) is 1.80. The van der Waals surface area contributed by atoms with E-state index in [1.165, 1.54) is 0 Å². The van der Waals surface area contributed by atoms with Crippen LogP contribution in [0.3, 0.4) is 0 Å². The van der Waals surface area contributed by atoms with Crippen LogP contribution in [0.2, 0.25) is 0 Å². The van der Waals surface area contributed by atoms with Crippen LogP contribution >= 0.6 is 0 Å². The first-order chi connectivity index (χ1) is 5.60. The minimum absolute atomic E-state index is 0.00646. The predicted octanol–water partition coefficient (Wildman–Crippen LogP) is 2.96. The van der Waals surface area contributed by atoms with Crippen LogP contribution < -0.4 is 0 Å². The molecule has 0 saturated carbocycles. The first-order valence-corrected chi connectivity index (χ1v) is 4.96. The molecule has 0 unspecified atom stereocenters. The Bertz CT molecular complexity index is 184. The Morgan fingerprint density at radius 3 is 1.38 bits per heavy atom. The summed E-state index contributed by atoms with van der Waals surface area (Å²) in [6.07, 6.45) is -0.113. The van der Waals surface area contributed by atoms with Crippen LogP contribution in [0.5, 0.6) is 0 Å². The fraction of sp³-hybridized carbons (Fsp3) is 1.00. The van der Waals surface area contributed by atoms with Gasteiger partial charge in [0.25, 0.3) is 0 Å². The van der Waals surface area contributed by atoms with Gasteiger partial charge >= 0.3 is 0 Å². The van der Waals surface area contributed by atoms with Gasteiger partial charge in [-0.3, -0.25) is 0 Å². The molecule has 1 saturated heterocycles. The van der Waals surface area contributed by atoms with E-state index in [1.807, 2.05) is 6.92 Å². The fourth-order valence-corrected chi connectivity index (χ4v) is 1.87. The van der Waals surface area contributed by atoms with Crippen molar-refractivity contribution in [1.82, 2.24) is 0 Å². The Kier molecular flexibility index (Phi) is 2.29. The molecule has 0 spiro atoms. The van der Waals surface area contributed by atoms with E-state index in [2.05, 4.69) is 41.5 Å². The van der Waals surface area contributed by atoms with Gasteiger partial charge < -0.3 is 9.47 Å². The predicted molar refractivity (Wildman–Crippen MR) is 53.6 cm³/mol. The van der Waals surface area contributed by atoms with E-state index in [9.17, 15) is 0 Å². The smallest absolute Gasteiger partial charge is 0.156 e. The SMILES string of the molecule is CC1OC(C)(C)C(C)(C)C(C)(C)O1. The lowest BCUT2D eigenvalue weighted by molar-refractivity contribution is -0.349. The third-order valence-electron chi connectivity index (χ3n) is 3.93. The zero-order valence-corrected chi connectivity index (χ0v) is 9.89. The molecule has 2 nitrogen and oxygen atoms in total. The maximum atomic E-state index is 5.80.